The molecule has 2 aromatic rings. The van der Waals surface area contributed by atoms with Crippen LogP contribution >= 0.6 is 0 Å². The minimum atomic E-state index is 0.113. The van der Waals surface area contributed by atoms with Crippen LogP contribution in [-0.2, 0) is 17.8 Å². The van der Waals surface area contributed by atoms with E-state index in [-0.39, 0.29) is 17.9 Å². The van der Waals surface area contributed by atoms with Crippen molar-refractivity contribution < 1.29 is 14.3 Å². The molecule has 1 saturated carbocycles. The Kier molecular flexibility index (Phi) is 5.76. The second kappa shape index (κ2) is 8.46. The van der Waals surface area contributed by atoms with E-state index in [0.29, 0.717) is 6.54 Å². The van der Waals surface area contributed by atoms with Gasteiger partial charge < -0.3 is 14.8 Å². The quantitative estimate of drug-likeness (QED) is 0.779. The first-order chi connectivity index (χ1) is 14.1. The van der Waals surface area contributed by atoms with Gasteiger partial charge in [0, 0.05) is 25.6 Å². The van der Waals surface area contributed by atoms with Gasteiger partial charge in [0.15, 0.2) is 11.5 Å². The first-order valence-corrected chi connectivity index (χ1v) is 10.4. The van der Waals surface area contributed by atoms with Gasteiger partial charge in [0.1, 0.15) is 0 Å². The Labute approximate surface area is 173 Å². The lowest BCUT2D eigenvalue weighted by Crippen LogP contribution is -2.42. The summed E-state index contributed by atoms with van der Waals surface area (Å²) in [6.45, 7) is 4.53. The van der Waals surface area contributed by atoms with Crippen molar-refractivity contribution in [1.82, 2.24) is 10.2 Å². The van der Waals surface area contributed by atoms with Crippen LogP contribution in [0.15, 0.2) is 36.4 Å². The summed E-state index contributed by atoms with van der Waals surface area (Å²) < 4.78 is 11.1. The van der Waals surface area contributed by atoms with E-state index in [0.717, 1.165) is 43.9 Å². The van der Waals surface area contributed by atoms with Crippen LogP contribution in [0.3, 0.4) is 0 Å². The molecule has 1 heterocycles. The van der Waals surface area contributed by atoms with Crippen molar-refractivity contribution in [2.24, 2.45) is 5.92 Å². The van der Waals surface area contributed by atoms with Crippen LogP contribution in [0.25, 0.3) is 0 Å². The summed E-state index contributed by atoms with van der Waals surface area (Å²) in [7, 11) is 3.34. The van der Waals surface area contributed by atoms with E-state index < -0.39 is 0 Å². The number of aryl methyl sites for hydroxylation is 1. The minimum absolute atomic E-state index is 0.113. The molecule has 29 heavy (non-hydrogen) atoms. The first-order valence-electron chi connectivity index (χ1n) is 10.4. The average molecular weight is 395 g/mol. The molecule has 1 aliphatic carbocycles. The second-order valence-corrected chi connectivity index (χ2v) is 8.15. The number of amides is 1. The number of carbonyl (C=O) groups is 1. The topological polar surface area (TPSA) is 50.8 Å². The van der Waals surface area contributed by atoms with E-state index in [1.54, 1.807) is 14.2 Å². The Hall–Kier alpha value is -2.53. The third-order valence-corrected chi connectivity index (χ3v) is 6.04. The van der Waals surface area contributed by atoms with E-state index in [1.165, 1.54) is 22.3 Å². The number of fused-ring (bicyclic) bond motifs is 1. The van der Waals surface area contributed by atoms with Crippen molar-refractivity contribution in [1.29, 1.82) is 0 Å². The summed E-state index contributed by atoms with van der Waals surface area (Å²) in [5.74, 6) is 1.91. The summed E-state index contributed by atoms with van der Waals surface area (Å²) in [6, 6.07) is 13.0. The molecule has 1 fully saturated rings. The molecule has 2 aliphatic rings. The van der Waals surface area contributed by atoms with Gasteiger partial charge in [0.25, 0.3) is 0 Å². The number of hydrogen-bond donors (Lipinski definition) is 1. The fourth-order valence-electron chi connectivity index (χ4n) is 4.12. The predicted molar refractivity (Wildman–Crippen MR) is 113 cm³/mol. The molecule has 5 nitrogen and oxygen atoms in total. The molecule has 1 aliphatic heterocycles. The van der Waals surface area contributed by atoms with Crippen molar-refractivity contribution in [3.63, 3.8) is 0 Å². The van der Waals surface area contributed by atoms with E-state index in [9.17, 15) is 4.79 Å². The number of benzene rings is 2. The van der Waals surface area contributed by atoms with Crippen molar-refractivity contribution in [2.45, 2.75) is 38.8 Å². The highest BCUT2D eigenvalue weighted by Gasteiger charge is 2.33. The molecule has 0 radical (unpaired) electrons. The van der Waals surface area contributed by atoms with Gasteiger partial charge in [0.05, 0.1) is 20.3 Å². The molecule has 0 bridgehead atoms. The van der Waals surface area contributed by atoms with Gasteiger partial charge in [-0.15, -0.1) is 0 Å². The van der Waals surface area contributed by atoms with Gasteiger partial charge in [-0.05, 0) is 55.0 Å². The maximum absolute atomic E-state index is 12.3. The third-order valence-electron chi connectivity index (χ3n) is 6.04. The van der Waals surface area contributed by atoms with Gasteiger partial charge in [-0.2, -0.15) is 0 Å². The lowest BCUT2D eigenvalue weighted by molar-refractivity contribution is -0.122. The summed E-state index contributed by atoms with van der Waals surface area (Å²) >= 11 is 0. The smallest absolute Gasteiger partial charge is 0.223 e. The molecule has 0 aromatic heterocycles. The highest BCUT2D eigenvalue weighted by Crippen LogP contribution is 2.38. The highest BCUT2D eigenvalue weighted by molar-refractivity contribution is 5.80. The van der Waals surface area contributed by atoms with Crippen LogP contribution in [0.4, 0.5) is 0 Å². The third kappa shape index (κ3) is 4.40. The van der Waals surface area contributed by atoms with Crippen LogP contribution in [0.2, 0.25) is 0 Å². The molecule has 0 spiro atoms. The molecule has 154 valence electrons. The Morgan fingerprint density at radius 2 is 1.79 bits per heavy atom. The number of hydrogen-bond acceptors (Lipinski definition) is 4. The molecule has 2 aromatic carbocycles. The maximum atomic E-state index is 12.3. The van der Waals surface area contributed by atoms with Crippen LogP contribution in [-0.4, -0.2) is 38.1 Å². The fraction of sp³-hybridized carbons (Fsp3) is 0.458. The van der Waals surface area contributed by atoms with Crippen molar-refractivity contribution in [2.75, 3.05) is 27.3 Å². The van der Waals surface area contributed by atoms with E-state index >= 15 is 0 Å². The fourth-order valence-corrected chi connectivity index (χ4v) is 4.12. The number of nitrogens with zero attached hydrogens (tertiary/aromatic N) is 1. The van der Waals surface area contributed by atoms with Gasteiger partial charge >= 0.3 is 0 Å². The monoisotopic (exact) mass is 394 g/mol. The number of nitrogens with one attached hydrogen (secondary N) is 1. The first kappa shape index (κ1) is 19.8. The predicted octanol–water partition coefficient (Wildman–Crippen LogP) is 3.64. The Balaban J connectivity index is 1.61. The Morgan fingerprint density at radius 1 is 1.10 bits per heavy atom. The standard InChI is InChI=1S/C24H30N2O3/c1-16-4-6-17(7-5-16)15-26-11-10-19-12-22(28-2)23(29-3)13-20(19)21(26)14-25-24(27)18-8-9-18/h4-7,12-13,18,21H,8-11,14-15H2,1-3H3,(H,25,27)/t21-/m1/s1. The molecular weight excluding hydrogens is 364 g/mol. The molecule has 1 atom stereocenters. The zero-order valence-corrected chi connectivity index (χ0v) is 17.5. The Morgan fingerprint density at radius 3 is 2.45 bits per heavy atom. The molecule has 5 heteroatoms. The number of methoxy groups -OCH3 is 2. The zero-order chi connectivity index (χ0) is 20.4. The van der Waals surface area contributed by atoms with Crippen LogP contribution in [0, 0.1) is 12.8 Å². The van der Waals surface area contributed by atoms with E-state index in [4.69, 9.17) is 9.47 Å². The largest absolute Gasteiger partial charge is 0.493 e. The molecule has 1 amide bonds. The average Bonchev–Trinajstić information content (AvgIpc) is 3.58. The molecule has 1 N–H and O–H groups in total. The summed E-state index contributed by atoms with van der Waals surface area (Å²) in [5, 5.41) is 3.19. The van der Waals surface area contributed by atoms with Crippen LogP contribution in [0.1, 0.15) is 41.1 Å². The van der Waals surface area contributed by atoms with E-state index in [2.05, 4.69) is 53.5 Å². The second-order valence-electron chi connectivity index (χ2n) is 8.15. The highest BCUT2D eigenvalue weighted by atomic mass is 16.5. The van der Waals surface area contributed by atoms with Gasteiger partial charge in [-0.1, -0.05) is 29.8 Å². The Bertz CT molecular complexity index is 874. The lowest BCUT2D eigenvalue weighted by Gasteiger charge is -2.38. The number of ether oxygens (including phenoxy) is 2. The lowest BCUT2D eigenvalue weighted by atomic mass is 9.91. The molecule has 4 rings (SSSR count). The normalized spacial score (nSPS) is 18.8. The van der Waals surface area contributed by atoms with Crippen molar-refractivity contribution in [3.8, 4) is 11.5 Å². The zero-order valence-electron chi connectivity index (χ0n) is 17.5. The molecular formula is C24H30N2O3. The van der Waals surface area contributed by atoms with Crippen LogP contribution < -0.4 is 14.8 Å². The minimum Gasteiger partial charge on any atom is -0.493 e. The molecule has 0 saturated heterocycles. The number of rotatable bonds is 7. The van der Waals surface area contributed by atoms with Crippen molar-refractivity contribution >= 4 is 5.91 Å². The molecule has 0 unspecified atom stereocenters. The summed E-state index contributed by atoms with van der Waals surface area (Å²) in [6.07, 6.45) is 2.99. The van der Waals surface area contributed by atoms with Gasteiger partial charge in [-0.3, -0.25) is 9.69 Å². The van der Waals surface area contributed by atoms with E-state index in [1.807, 2.05) is 0 Å². The summed E-state index contributed by atoms with van der Waals surface area (Å²) in [4.78, 5) is 14.8. The maximum Gasteiger partial charge on any atom is 0.223 e. The number of carbonyl (C=O) groups excluding carboxylic acids is 1. The van der Waals surface area contributed by atoms with Crippen molar-refractivity contribution in [3.05, 3.63) is 58.7 Å². The van der Waals surface area contributed by atoms with Gasteiger partial charge in [0.2, 0.25) is 5.91 Å². The summed E-state index contributed by atoms with van der Waals surface area (Å²) in [5.41, 5.74) is 5.05. The van der Waals surface area contributed by atoms with Gasteiger partial charge in [-0.25, -0.2) is 0 Å². The SMILES string of the molecule is COc1cc2c(cc1OC)[C@@H](CNC(=O)C1CC1)N(Cc1ccc(C)cc1)CC2. The van der Waals surface area contributed by atoms with Crippen LogP contribution in [0.5, 0.6) is 11.5 Å².